The van der Waals surface area contributed by atoms with Crippen molar-refractivity contribution in [3.8, 4) is 0 Å². The van der Waals surface area contributed by atoms with E-state index < -0.39 is 0 Å². The molecule has 0 N–H and O–H groups in total. The maximum absolute atomic E-state index is 2.64. The molecule has 0 amide bonds. The Morgan fingerprint density at radius 2 is 1.10 bits per heavy atom. The van der Waals surface area contributed by atoms with Gasteiger partial charge in [0.05, 0.1) is 16.6 Å². The average Bonchev–Trinajstić information content (AvgIpc) is 3.46. The van der Waals surface area contributed by atoms with Crippen LogP contribution in [0.5, 0.6) is 0 Å². The van der Waals surface area contributed by atoms with Crippen molar-refractivity contribution < 1.29 is 0 Å². The van der Waals surface area contributed by atoms with E-state index in [1.165, 1.54) is 77.2 Å². The monoisotopic (exact) mass is 501 g/mol. The minimum atomic E-state index is -0.122. The zero-order valence-electron chi connectivity index (χ0n) is 22.7. The largest absolute Gasteiger partial charge is 0.345 e. The zero-order chi connectivity index (χ0) is 26.2. The van der Waals surface area contributed by atoms with Gasteiger partial charge in [-0.3, -0.25) is 0 Å². The van der Waals surface area contributed by atoms with Gasteiger partial charge in [-0.05, 0) is 61.4 Å². The summed E-state index contributed by atoms with van der Waals surface area (Å²) in [4.78, 5) is 5.11. The number of nitrogens with zero attached hydrogens (tertiary/aromatic N) is 3. The van der Waals surface area contributed by atoms with Crippen LogP contribution in [0.4, 0.5) is 22.7 Å². The van der Waals surface area contributed by atoms with E-state index in [0.717, 1.165) is 0 Å². The second-order valence-corrected chi connectivity index (χ2v) is 12.2. The van der Waals surface area contributed by atoms with Crippen molar-refractivity contribution in [2.45, 2.75) is 26.3 Å². The Hall–Kier alpha value is -4.44. The highest BCUT2D eigenvalue weighted by atomic mass is 15.2. The average molecular weight is 501 g/mol. The van der Waals surface area contributed by atoms with Crippen LogP contribution in [-0.2, 0) is 0 Å². The Morgan fingerprint density at radius 1 is 0.590 bits per heavy atom. The highest BCUT2D eigenvalue weighted by Crippen LogP contribution is 2.52. The van der Waals surface area contributed by atoms with Crippen LogP contribution in [0, 0.1) is 0 Å². The smallest absolute Gasteiger partial charge is 0.252 e. The summed E-state index contributed by atoms with van der Waals surface area (Å²) in [6.07, 6.45) is 0. The molecule has 0 aliphatic carbocycles. The van der Waals surface area contributed by atoms with Gasteiger partial charge in [0.15, 0.2) is 0 Å². The van der Waals surface area contributed by atoms with Crippen molar-refractivity contribution in [1.29, 1.82) is 0 Å². The van der Waals surface area contributed by atoms with Gasteiger partial charge in [-0.1, -0.05) is 72.8 Å². The molecular weight excluding hydrogens is 473 g/mol. The van der Waals surface area contributed by atoms with Crippen LogP contribution in [0.1, 0.15) is 20.8 Å². The van der Waals surface area contributed by atoms with E-state index in [9.17, 15) is 0 Å². The van der Waals surface area contributed by atoms with Gasteiger partial charge in [0.1, 0.15) is 0 Å². The maximum Gasteiger partial charge on any atom is 0.252 e. The Kier molecular flexibility index (Phi) is 3.83. The number of anilines is 4. The standard InChI is InChI=1S/C35H28BN3/c1-35(2,3)39-28-20-12-8-16-24(28)36-23-15-7-11-19-27(23)37(4)33-29-21-13-5-9-17-25(21)38-26-18-10-6-14-22(26)30(32(29)38)34(39)31(33)36/h5-20H,1-4H3. The first kappa shape index (κ1) is 21.5. The fraction of sp³-hybridized carbons (Fsp3) is 0.143. The van der Waals surface area contributed by atoms with Gasteiger partial charge in [-0.15, -0.1) is 0 Å². The summed E-state index contributed by atoms with van der Waals surface area (Å²) in [5.41, 5.74) is 13.3. The first-order chi connectivity index (χ1) is 19.0. The van der Waals surface area contributed by atoms with Crippen LogP contribution >= 0.6 is 0 Å². The molecule has 186 valence electrons. The van der Waals surface area contributed by atoms with E-state index in [1.807, 2.05) is 0 Å². The summed E-state index contributed by atoms with van der Waals surface area (Å²) in [6.45, 7) is 7.23. The third-order valence-electron chi connectivity index (χ3n) is 9.13. The summed E-state index contributed by atoms with van der Waals surface area (Å²) < 4.78 is 2.52. The molecule has 0 spiro atoms. The van der Waals surface area contributed by atoms with Crippen LogP contribution in [0.2, 0.25) is 0 Å². The third kappa shape index (κ3) is 2.42. The zero-order valence-corrected chi connectivity index (χ0v) is 22.7. The molecule has 0 saturated carbocycles. The number of fused-ring (bicyclic) bond motifs is 12. The highest BCUT2D eigenvalue weighted by Gasteiger charge is 2.46. The normalized spacial score (nSPS) is 14.5. The molecule has 0 unspecified atom stereocenters. The van der Waals surface area contributed by atoms with Crippen LogP contribution in [0.25, 0.3) is 38.1 Å². The maximum atomic E-state index is 2.64. The van der Waals surface area contributed by atoms with E-state index in [1.54, 1.807) is 0 Å². The predicted octanol–water partition coefficient (Wildman–Crippen LogP) is 6.68. The Balaban J connectivity index is 1.64. The summed E-state index contributed by atoms with van der Waals surface area (Å²) in [6, 6.07) is 36.1. The molecule has 4 heterocycles. The SMILES string of the molecule is CN1c2ccccc2B2c3ccccc3N(C(C)(C)C)c3c2c1c1c2ccccc2n2c4ccccc4c3c12. The lowest BCUT2D eigenvalue weighted by Gasteiger charge is -2.48. The molecule has 2 aliphatic rings. The van der Waals surface area contributed by atoms with E-state index in [4.69, 9.17) is 0 Å². The lowest BCUT2D eigenvalue weighted by molar-refractivity contribution is 0.562. The molecule has 39 heavy (non-hydrogen) atoms. The van der Waals surface area contributed by atoms with Crippen molar-refractivity contribution in [3.63, 3.8) is 0 Å². The number of rotatable bonds is 0. The first-order valence-electron chi connectivity index (χ1n) is 13.9. The van der Waals surface area contributed by atoms with Crippen molar-refractivity contribution in [2.24, 2.45) is 0 Å². The van der Waals surface area contributed by atoms with Gasteiger partial charge < -0.3 is 14.2 Å². The van der Waals surface area contributed by atoms with E-state index in [0.29, 0.717) is 0 Å². The quantitative estimate of drug-likeness (QED) is 0.215. The summed E-state index contributed by atoms with van der Waals surface area (Å²) in [7, 11) is 2.27. The predicted molar refractivity (Wildman–Crippen MR) is 169 cm³/mol. The molecule has 4 heteroatoms. The van der Waals surface area contributed by atoms with Crippen LogP contribution in [0.15, 0.2) is 97.1 Å². The minimum Gasteiger partial charge on any atom is -0.345 e. The van der Waals surface area contributed by atoms with Gasteiger partial charge in [0.2, 0.25) is 0 Å². The third-order valence-corrected chi connectivity index (χ3v) is 9.13. The Labute approximate surface area is 228 Å². The van der Waals surface area contributed by atoms with Gasteiger partial charge >= 0.3 is 0 Å². The fourth-order valence-electron chi connectivity index (χ4n) is 7.84. The molecule has 2 aromatic heterocycles. The molecular formula is C35H28BN3. The van der Waals surface area contributed by atoms with Gasteiger partial charge in [-0.25, -0.2) is 0 Å². The number of hydrogen-bond acceptors (Lipinski definition) is 2. The molecule has 5 aromatic carbocycles. The summed E-state index contributed by atoms with van der Waals surface area (Å²) in [5, 5.41) is 5.39. The van der Waals surface area contributed by atoms with Gasteiger partial charge in [-0.2, -0.15) is 0 Å². The molecule has 0 radical (unpaired) electrons. The number of benzene rings is 5. The lowest BCUT2D eigenvalue weighted by Crippen LogP contribution is -2.63. The molecule has 0 atom stereocenters. The molecule has 7 aromatic rings. The van der Waals surface area contributed by atoms with Gasteiger partial charge in [0, 0.05) is 56.9 Å². The van der Waals surface area contributed by atoms with Crippen LogP contribution in [-0.4, -0.2) is 23.7 Å². The lowest BCUT2D eigenvalue weighted by atomic mass is 9.33. The Morgan fingerprint density at radius 3 is 1.74 bits per heavy atom. The molecule has 2 aliphatic heterocycles. The second-order valence-electron chi connectivity index (χ2n) is 12.2. The highest BCUT2D eigenvalue weighted by molar-refractivity contribution is 7.00. The molecule has 0 saturated heterocycles. The number of para-hydroxylation sites is 4. The van der Waals surface area contributed by atoms with Gasteiger partial charge in [0.25, 0.3) is 6.71 Å². The molecule has 9 rings (SSSR count). The van der Waals surface area contributed by atoms with Crippen molar-refractivity contribution in [1.82, 2.24) is 4.40 Å². The topological polar surface area (TPSA) is 10.9 Å². The molecule has 0 bridgehead atoms. The van der Waals surface area contributed by atoms with E-state index in [-0.39, 0.29) is 12.3 Å². The fourth-order valence-corrected chi connectivity index (χ4v) is 7.84. The number of hydrogen-bond donors (Lipinski definition) is 0. The summed E-state index contributed by atoms with van der Waals surface area (Å²) in [5.74, 6) is 0. The summed E-state index contributed by atoms with van der Waals surface area (Å²) >= 11 is 0. The van der Waals surface area contributed by atoms with Crippen molar-refractivity contribution in [3.05, 3.63) is 97.1 Å². The second kappa shape index (κ2) is 6.95. The van der Waals surface area contributed by atoms with Crippen molar-refractivity contribution >= 4 is 83.9 Å². The van der Waals surface area contributed by atoms with E-state index >= 15 is 0 Å². The van der Waals surface area contributed by atoms with E-state index in [2.05, 4.69) is 139 Å². The molecule has 3 nitrogen and oxygen atoms in total. The van der Waals surface area contributed by atoms with Crippen molar-refractivity contribution in [2.75, 3.05) is 16.8 Å². The molecule has 0 fully saturated rings. The first-order valence-corrected chi connectivity index (χ1v) is 13.9. The van der Waals surface area contributed by atoms with Crippen LogP contribution < -0.4 is 26.2 Å². The minimum absolute atomic E-state index is 0.122. The number of aromatic nitrogens is 1. The van der Waals surface area contributed by atoms with Crippen LogP contribution in [0.3, 0.4) is 0 Å². The Bertz CT molecular complexity index is 2150.